The Kier molecular flexibility index (Phi) is 9.35. The smallest absolute Gasteiger partial charge is 0.343 e. The summed E-state index contributed by atoms with van der Waals surface area (Å²) in [5.74, 6) is 0.342. The standard InChI is InChI=1S/C33H27FN2O7S/c1-2-44-20-29-26(12-13-27-28(29)18-23(36(40)41)19-30(27)34)21-4-10-25(11-5-21)43-33(39)22-6-8-24(9-7-22)42-17-3-16-35-31(37)14-15-32(35)38/h4-15,18-19H,2-3,16-17,20H2,1H3. The Morgan fingerprint density at radius 2 is 1.61 bits per heavy atom. The average molecular weight is 615 g/mol. The number of fused-ring (bicyclic) bond motifs is 1. The number of amides is 2. The number of nitrogens with zero attached hydrogens (tertiary/aromatic N) is 2. The molecule has 0 aliphatic carbocycles. The number of hydrogen-bond donors (Lipinski definition) is 0. The lowest BCUT2D eigenvalue weighted by Gasteiger charge is -2.14. The van der Waals surface area contributed by atoms with Crippen LogP contribution < -0.4 is 9.47 Å². The number of thioether (sulfide) groups is 1. The Balaban J connectivity index is 1.24. The van der Waals surface area contributed by atoms with Crippen molar-refractivity contribution in [1.82, 2.24) is 4.90 Å². The predicted octanol–water partition coefficient (Wildman–Crippen LogP) is 6.72. The van der Waals surface area contributed by atoms with Gasteiger partial charge in [-0.1, -0.05) is 31.2 Å². The van der Waals surface area contributed by atoms with Gasteiger partial charge in [0.25, 0.3) is 17.5 Å². The average Bonchev–Trinajstić information content (AvgIpc) is 3.34. The van der Waals surface area contributed by atoms with Gasteiger partial charge < -0.3 is 9.47 Å². The number of esters is 1. The number of halogens is 1. The highest BCUT2D eigenvalue weighted by Gasteiger charge is 2.22. The predicted molar refractivity (Wildman–Crippen MR) is 165 cm³/mol. The number of carbonyl (C=O) groups excluding carboxylic acids is 3. The van der Waals surface area contributed by atoms with Gasteiger partial charge in [-0.3, -0.25) is 24.6 Å². The normalized spacial score (nSPS) is 12.6. The fraction of sp³-hybridized carbons (Fsp3) is 0.182. The molecule has 0 N–H and O–H groups in total. The Morgan fingerprint density at radius 3 is 2.27 bits per heavy atom. The van der Waals surface area contributed by atoms with E-state index in [0.717, 1.165) is 33.4 Å². The molecule has 5 rings (SSSR count). The molecule has 0 atom stereocenters. The summed E-state index contributed by atoms with van der Waals surface area (Å²) in [6, 6.07) is 19.1. The molecule has 44 heavy (non-hydrogen) atoms. The Morgan fingerprint density at radius 1 is 0.932 bits per heavy atom. The highest BCUT2D eigenvalue weighted by molar-refractivity contribution is 7.98. The van der Waals surface area contributed by atoms with E-state index in [4.69, 9.17) is 9.47 Å². The minimum Gasteiger partial charge on any atom is -0.494 e. The van der Waals surface area contributed by atoms with Crippen LogP contribution in [0, 0.1) is 15.9 Å². The number of rotatable bonds is 12. The lowest BCUT2D eigenvalue weighted by atomic mass is 9.94. The molecule has 1 heterocycles. The highest BCUT2D eigenvalue weighted by atomic mass is 32.2. The molecule has 2 amide bonds. The lowest BCUT2D eigenvalue weighted by molar-refractivity contribution is -0.384. The summed E-state index contributed by atoms with van der Waals surface area (Å²) in [6.45, 7) is 2.55. The van der Waals surface area contributed by atoms with Crippen molar-refractivity contribution < 1.29 is 33.2 Å². The van der Waals surface area contributed by atoms with Crippen LogP contribution in [0.5, 0.6) is 11.5 Å². The van der Waals surface area contributed by atoms with Crippen molar-refractivity contribution in [3.05, 3.63) is 112 Å². The van der Waals surface area contributed by atoms with Crippen molar-refractivity contribution in [2.45, 2.75) is 19.1 Å². The van der Waals surface area contributed by atoms with Crippen molar-refractivity contribution in [2.75, 3.05) is 18.9 Å². The summed E-state index contributed by atoms with van der Waals surface area (Å²) in [5.41, 5.74) is 2.41. The van der Waals surface area contributed by atoms with Crippen molar-refractivity contribution in [1.29, 1.82) is 0 Å². The largest absolute Gasteiger partial charge is 0.494 e. The van der Waals surface area contributed by atoms with Gasteiger partial charge in [0.1, 0.15) is 17.3 Å². The van der Waals surface area contributed by atoms with Crippen molar-refractivity contribution in [3.8, 4) is 22.6 Å². The van der Waals surface area contributed by atoms with E-state index in [-0.39, 0.29) is 30.7 Å². The van der Waals surface area contributed by atoms with E-state index < -0.39 is 16.7 Å². The summed E-state index contributed by atoms with van der Waals surface area (Å²) >= 11 is 1.63. The molecule has 0 aromatic heterocycles. The molecule has 11 heteroatoms. The van der Waals surface area contributed by atoms with Crippen LogP contribution in [-0.2, 0) is 15.3 Å². The first-order valence-corrected chi connectivity index (χ1v) is 15.0. The van der Waals surface area contributed by atoms with E-state index in [1.54, 1.807) is 72.4 Å². The molecule has 0 spiro atoms. The zero-order chi connectivity index (χ0) is 31.2. The molecule has 224 valence electrons. The van der Waals surface area contributed by atoms with Gasteiger partial charge in [0.2, 0.25) is 0 Å². The number of ether oxygens (including phenoxy) is 2. The lowest BCUT2D eigenvalue weighted by Crippen LogP contribution is -2.31. The first-order chi connectivity index (χ1) is 21.2. The summed E-state index contributed by atoms with van der Waals surface area (Å²) in [6.07, 6.45) is 2.95. The SMILES string of the molecule is CCSCc1c(-c2ccc(OC(=O)c3ccc(OCCCN4C(=O)C=CC4=O)cc3)cc2)ccc2c(F)cc([N+](=O)[O-])cc12. The maximum absolute atomic E-state index is 14.7. The van der Waals surface area contributed by atoms with Crippen molar-refractivity contribution in [3.63, 3.8) is 0 Å². The molecule has 0 unspecified atom stereocenters. The number of hydrogen-bond acceptors (Lipinski definition) is 8. The summed E-state index contributed by atoms with van der Waals surface area (Å²) < 4.78 is 25.9. The summed E-state index contributed by atoms with van der Waals surface area (Å²) in [5, 5.41) is 12.2. The Bertz CT molecular complexity index is 1750. The Hall–Kier alpha value is -5.03. The van der Waals surface area contributed by atoms with Crippen LogP contribution in [-0.4, -0.2) is 46.5 Å². The van der Waals surface area contributed by atoms with Crippen LogP contribution in [0.25, 0.3) is 21.9 Å². The third-order valence-electron chi connectivity index (χ3n) is 7.00. The maximum Gasteiger partial charge on any atom is 0.343 e. The third kappa shape index (κ3) is 6.78. The number of benzene rings is 4. The number of imide groups is 1. The number of nitro benzene ring substituents is 1. The molecule has 0 fully saturated rings. The van der Waals surface area contributed by atoms with E-state index in [2.05, 4.69) is 0 Å². The quantitative estimate of drug-likeness (QED) is 0.0431. The second kappa shape index (κ2) is 13.5. The zero-order valence-corrected chi connectivity index (χ0v) is 24.5. The van der Waals surface area contributed by atoms with Gasteiger partial charge in [-0.05, 0) is 70.6 Å². The van der Waals surface area contributed by atoms with Crippen LogP contribution in [0.3, 0.4) is 0 Å². The minimum atomic E-state index is -0.643. The van der Waals surface area contributed by atoms with Gasteiger partial charge >= 0.3 is 5.97 Å². The second-order valence-corrected chi connectivity index (χ2v) is 11.1. The number of nitro groups is 1. The van der Waals surface area contributed by atoms with Gasteiger partial charge in [-0.2, -0.15) is 11.8 Å². The molecule has 0 saturated carbocycles. The summed E-state index contributed by atoms with van der Waals surface area (Å²) in [4.78, 5) is 47.9. The maximum atomic E-state index is 14.7. The molecule has 4 aromatic carbocycles. The van der Waals surface area contributed by atoms with Crippen LogP contribution in [0.2, 0.25) is 0 Å². The van der Waals surface area contributed by atoms with E-state index >= 15 is 0 Å². The molecular formula is C33H27FN2O7S. The van der Waals surface area contributed by atoms with E-state index in [9.17, 15) is 28.9 Å². The number of non-ortho nitro benzene ring substituents is 1. The van der Waals surface area contributed by atoms with Crippen molar-refractivity contribution in [2.24, 2.45) is 0 Å². The first kappa shape index (κ1) is 30.4. The first-order valence-electron chi connectivity index (χ1n) is 13.8. The molecule has 1 aliphatic rings. The van der Waals surface area contributed by atoms with Crippen LogP contribution in [0.15, 0.2) is 84.9 Å². The zero-order valence-electron chi connectivity index (χ0n) is 23.7. The second-order valence-electron chi connectivity index (χ2n) is 9.81. The molecule has 0 saturated heterocycles. The highest BCUT2D eigenvalue weighted by Crippen LogP contribution is 2.36. The van der Waals surface area contributed by atoms with Gasteiger partial charge in [0.15, 0.2) is 0 Å². The molecule has 4 aromatic rings. The summed E-state index contributed by atoms with van der Waals surface area (Å²) in [7, 11) is 0. The minimum absolute atomic E-state index is 0.259. The third-order valence-corrected chi connectivity index (χ3v) is 7.90. The molecule has 0 bridgehead atoms. The molecule has 0 radical (unpaired) electrons. The van der Waals surface area contributed by atoms with E-state index in [1.165, 1.54) is 18.2 Å². The number of carbonyl (C=O) groups is 3. The van der Waals surface area contributed by atoms with Gasteiger partial charge in [0, 0.05) is 35.9 Å². The monoisotopic (exact) mass is 614 g/mol. The molecular weight excluding hydrogens is 587 g/mol. The molecule has 9 nitrogen and oxygen atoms in total. The van der Waals surface area contributed by atoms with E-state index in [0.29, 0.717) is 40.0 Å². The fourth-order valence-electron chi connectivity index (χ4n) is 4.79. The van der Waals surface area contributed by atoms with Crippen LogP contribution in [0.1, 0.15) is 29.3 Å². The van der Waals surface area contributed by atoms with Gasteiger partial charge in [-0.25, -0.2) is 9.18 Å². The van der Waals surface area contributed by atoms with Gasteiger partial charge in [-0.15, -0.1) is 0 Å². The van der Waals surface area contributed by atoms with Crippen molar-refractivity contribution >= 4 is 46.0 Å². The van der Waals surface area contributed by atoms with E-state index in [1.807, 2.05) is 6.92 Å². The van der Waals surface area contributed by atoms with Crippen LogP contribution >= 0.6 is 11.8 Å². The molecule has 1 aliphatic heterocycles. The Labute approximate surface area is 256 Å². The fourth-order valence-corrected chi connectivity index (χ4v) is 5.51. The van der Waals surface area contributed by atoms with Gasteiger partial charge in [0.05, 0.1) is 23.2 Å². The van der Waals surface area contributed by atoms with Crippen LogP contribution in [0.4, 0.5) is 10.1 Å². The topological polar surface area (TPSA) is 116 Å².